The molecule has 0 bridgehead atoms. The summed E-state index contributed by atoms with van der Waals surface area (Å²) in [5.74, 6) is -0.000121. The van der Waals surface area contributed by atoms with Gasteiger partial charge in [-0.05, 0) is 42.2 Å². The second kappa shape index (κ2) is 8.44. The van der Waals surface area contributed by atoms with Gasteiger partial charge in [-0.3, -0.25) is 4.79 Å². The molecule has 22 heavy (non-hydrogen) atoms. The van der Waals surface area contributed by atoms with Crippen molar-refractivity contribution in [3.63, 3.8) is 0 Å². The van der Waals surface area contributed by atoms with Crippen LogP contribution in [0, 0.1) is 0 Å². The van der Waals surface area contributed by atoms with E-state index in [1.54, 1.807) is 0 Å². The summed E-state index contributed by atoms with van der Waals surface area (Å²) >= 11 is 5.84. The van der Waals surface area contributed by atoms with E-state index in [1.165, 1.54) is 5.56 Å². The summed E-state index contributed by atoms with van der Waals surface area (Å²) < 4.78 is 0. The van der Waals surface area contributed by atoms with Crippen molar-refractivity contribution in [2.45, 2.75) is 19.8 Å². The molecule has 0 aliphatic rings. The van der Waals surface area contributed by atoms with Gasteiger partial charge in [0.15, 0.2) is 0 Å². The first-order valence-corrected chi connectivity index (χ1v) is 7.89. The number of hydrogen-bond donors (Lipinski definition) is 2. The quantitative estimate of drug-likeness (QED) is 0.818. The zero-order valence-electron chi connectivity index (χ0n) is 12.7. The molecule has 3 nitrogen and oxygen atoms in total. The SMILES string of the molecule is CCc1ccccc1NCC(=O)NCCc1ccc(Cl)cc1. The fourth-order valence-electron chi connectivity index (χ4n) is 2.24. The first-order chi connectivity index (χ1) is 10.7. The van der Waals surface area contributed by atoms with Gasteiger partial charge in [-0.1, -0.05) is 48.9 Å². The lowest BCUT2D eigenvalue weighted by Crippen LogP contribution is -2.31. The van der Waals surface area contributed by atoms with E-state index >= 15 is 0 Å². The second-order valence-corrected chi connectivity index (χ2v) is 5.53. The van der Waals surface area contributed by atoms with E-state index in [0.717, 1.165) is 29.1 Å². The summed E-state index contributed by atoms with van der Waals surface area (Å²) in [5, 5.41) is 6.84. The van der Waals surface area contributed by atoms with Crippen LogP contribution in [0.4, 0.5) is 5.69 Å². The first-order valence-electron chi connectivity index (χ1n) is 7.52. The van der Waals surface area contributed by atoms with Crippen molar-refractivity contribution in [3.05, 3.63) is 64.7 Å². The molecule has 0 heterocycles. The minimum Gasteiger partial charge on any atom is -0.376 e. The number of hydrogen-bond acceptors (Lipinski definition) is 2. The van der Waals surface area contributed by atoms with Crippen molar-refractivity contribution >= 4 is 23.2 Å². The van der Waals surface area contributed by atoms with Crippen LogP contribution < -0.4 is 10.6 Å². The molecule has 4 heteroatoms. The Morgan fingerprint density at radius 3 is 2.55 bits per heavy atom. The lowest BCUT2D eigenvalue weighted by molar-refractivity contribution is -0.119. The Morgan fingerprint density at radius 2 is 1.82 bits per heavy atom. The van der Waals surface area contributed by atoms with E-state index in [0.29, 0.717) is 6.54 Å². The van der Waals surface area contributed by atoms with Crippen LogP contribution in [0.3, 0.4) is 0 Å². The second-order valence-electron chi connectivity index (χ2n) is 5.09. The van der Waals surface area contributed by atoms with E-state index in [4.69, 9.17) is 11.6 Å². The lowest BCUT2D eigenvalue weighted by Gasteiger charge is -2.11. The van der Waals surface area contributed by atoms with Crippen LogP contribution in [-0.4, -0.2) is 19.0 Å². The van der Waals surface area contributed by atoms with Crippen molar-refractivity contribution in [1.82, 2.24) is 5.32 Å². The smallest absolute Gasteiger partial charge is 0.239 e. The summed E-state index contributed by atoms with van der Waals surface area (Å²) in [6, 6.07) is 15.7. The molecule has 2 rings (SSSR count). The average Bonchev–Trinajstić information content (AvgIpc) is 2.55. The first kappa shape index (κ1) is 16.4. The minimum absolute atomic E-state index is 0.000121. The lowest BCUT2D eigenvalue weighted by atomic mass is 10.1. The highest BCUT2D eigenvalue weighted by Crippen LogP contribution is 2.14. The number of para-hydroxylation sites is 1. The Bertz CT molecular complexity index is 611. The molecule has 0 fully saturated rings. The van der Waals surface area contributed by atoms with Gasteiger partial charge in [-0.2, -0.15) is 0 Å². The van der Waals surface area contributed by atoms with E-state index in [9.17, 15) is 4.79 Å². The van der Waals surface area contributed by atoms with Crippen LogP contribution in [0.15, 0.2) is 48.5 Å². The Morgan fingerprint density at radius 1 is 1.09 bits per heavy atom. The van der Waals surface area contributed by atoms with Crippen LogP contribution in [0.25, 0.3) is 0 Å². The van der Waals surface area contributed by atoms with Crippen molar-refractivity contribution in [2.24, 2.45) is 0 Å². The Hall–Kier alpha value is -2.00. The number of anilines is 1. The highest BCUT2D eigenvalue weighted by atomic mass is 35.5. The van der Waals surface area contributed by atoms with E-state index in [2.05, 4.69) is 23.6 Å². The number of carbonyl (C=O) groups is 1. The molecular formula is C18H21ClN2O. The van der Waals surface area contributed by atoms with Gasteiger partial charge in [0, 0.05) is 17.3 Å². The normalized spacial score (nSPS) is 10.3. The summed E-state index contributed by atoms with van der Waals surface area (Å²) in [4.78, 5) is 11.9. The molecule has 0 saturated heterocycles. The molecule has 0 aliphatic heterocycles. The van der Waals surface area contributed by atoms with Crippen LogP contribution >= 0.6 is 11.6 Å². The number of aryl methyl sites for hydroxylation is 1. The van der Waals surface area contributed by atoms with Crippen LogP contribution in [0.5, 0.6) is 0 Å². The van der Waals surface area contributed by atoms with Gasteiger partial charge in [0.25, 0.3) is 0 Å². The van der Waals surface area contributed by atoms with Gasteiger partial charge in [0.05, 0.1) is 6.54 Å². The standard InChI is InChI=1S/C18H21ClN2O/c1-2-15-5-3-4-6-17(15)21-13-18(22)20-12-11-14-7-9-16(19)10-8-14/h3-10,21H,2,11-13H2,1H3,(H,20,22). The molecule has 0 atom stereocenters. The zero-order valence-corrected chi connectivity index (χ0v) is 13.5. The number of nitrogens with one attached hydrogen (secondary N) is 2. The monoisotopic (exact) mass is 316 g/mol. The van der Waals surface area contributed by atoms with Crippen molar-refractivity contribution < 1.29 is 4.79 Å². The highest BCUT2D eigenvalue weighted by molar-refractivity contribution is 6.30. The molecule has 116 valence electrons. The fourth-order valence-corrected chi connectivity index (χ4v) is 2.36. The van der Waals surface area contributed by atoms with E-state index in [1.807, 2.05) is 42.5 Å². The molecule has 0 saturated carbocycles. The third-order valence-corrected chi connectivity index (χ3v) is 3.74. The summed E-state index contributed by atoms with van der Waals surface area (Å²) in [7, 11) is 0. The highest BCUT2D eigenvalue weighted by Gasteiger charge is 2.03. The minimum atomic E-state index is -0.000121. The number of rotatable bonds is 7. The van der Waals surface area contributed by atoms with Crippen molar-refractivity contribution in [2.75, 3.05) is 18.4 Å². The number of benzene rings is 2. The third-order valence-electron chi connectivity index (χ3n) is 3.49. The van der Waals surface area contributed by atoms with E-state index in [-0.39, 0.29) is 12.5 Å². The van der Waals surface area contributed by atoms with Gasteiger partial charge in [-0.15, -0.1) is 0 Å². The molecule has 2 aromatic carbocycles. The van der Waals surface area contributed by atoms with Gasteiger partial charge in [0.1, 0.15) is 0 Å². The van der Waals surface area contributed by atoms with Gasteiger partial charge in [-0.25, -0.2) is 0 Å². The van der Waals surface area contributed by atoms with Crippen LogP contribution in [-0.2, 0) is 17.6 Å². The predicted molar refractivity (Wildman–Crippen MR) is 92.5 cm³/mol. The zero-order chi connectivity index (χ0) is 15.8. The van der Waals surface area contributed by atoms with Crippen LogP contribution in [0.1, 0.15) is 18.1 Å². The maximum Gasteiger partial charge on any atom is 0.239 e. The molecule has 1 amide bonds. The maximum absolute atomic E-state index is 11.9. The predicted octanol–water partition coefficient (Wildman–Crippen LogP) is 3.67. The Labute approximate surface area is 136 Å². The third kappa shape index (κ3) is 5.08. The summed E-state index contributed by atoms with van der Waals surface area (Å²) in [5.41, 5.74) is 3.41. The molecule has 0 spiro atoms. The van der Waals surface area contributed by atoms with Gasteiger partial charge in [0.2, 0.25) is 5.91 Å². The van der Waals surface area contributed by atoms with Gasteiger partial charge < -0.3 is 10.6 Å². The Kier molecular flexibility index (Phi) is 6.28. The fraction of sp³-hybridized carbons (Fsp3) is 0.278. The largest absolute Gasteiger partial charge is 0.376 e. The molecule has 2 N–H and O–H groups in total. The molecule has 2 aromatic rings. The van der Waals surface area contributed by atoms with Crippen LogP contribution in [0.2, 0.25) is 5.02 Å². The number of amides is 1. The maximum atomic E-state index is 11.9. The molecular weight excluding hydrogens is 296 g/mol. The van der Waals surface area contributed by atoms with Crippen molar-refractivity contribution in [3.8, 4) is 0 Å². The molecule has 0 radical (unpaired) electrons. The van der Waals surface area contributed by atoms with E-state index < -0.39 is 0 Å². The molecule has 0 aliphatic carbocycles. The van der Waals surface area contributed by atoms with Crippen molar-refractivity contribution in [1.29, 1.82) is 0 Å². The van der Waals surface area contributed by atoms with Gasteiger partial charge >= 0.3 is 0 Å². The Balaban J connectivity index is 1.73. The molecule has 0 aromatic heterocycles. The topological polar surface area (TPSA) is 41.1 Å². The summed E-state index contributed by atoms with van der Waals surface area (Å²) in [6.07, 6.45) is 1.75. The molecule has 0 unspecified atom stereocenters. The number of carbonyl (C=O) groups excluding carboxylic acids is 1. The average molecular weight is 317 g/mol. The summed E-state index contributed by atoms with van der Waals surface area (Å²) in [6.45, 7) is 3.02. The number of halogens is 1.